The van der Waals surface area contributed by atoms with E-state index in [4.69, 9.17) is 0 Å². The predicted molar refractivity (Wildman–Crippen MR) is 131 cm³/mol. The van der Waals surface area contributed by atoms with E-state index in [2.05, 4.69) is 16.0 Å². The minimum atomic E-state index is -3.90. The van der Waals surface area contributed by atoms with Gasteiger partial charge in [0.15, 0.2) is 6.04 Å². The van der Waals surface area contributed by atoms with E-state index >= 15 is 0 Å². The molecule has 1 aromatic rings. The summed E-state index contributed by atoms with van der Waals surface area (Å²) in [5.41, 5.74) is 0.264. The average molecular weight is 558 g/mol. The van der Waals surface area contributed by atoms with Gasteiger partial charge in [0.05, 0.1) is 24.7 Å². The third-order valence-electron chi connectivity index (χ3n) is 5.85. The first-order chi connectivity index (χ1) is 17.1. The Labute approximate surface area is 216 Å². The second-order valence-electron chi connectivity index (χ2n) is 8.97. The summed E-state index contributed by atoms with van der Waals surface area (Å²) in [5, 5.41) is 25.7. The molecule has 3 rings (SSSR count). The molecule has 2 aliphatic rings. The summed E-state index contributed by atoms with van der Waals surface area (Å²) in [6.45, 7) is 2.76. The fourth-order valence-electron chi connectivity index (χ4n) is 3.99. The number of nitrogens with zero attached hydrogens (tertiary/aromatic N) is 2. The van der Waals surface area contributed by atoms with Crippen molar-refractivity contribution in [2.24, 2.45) is 0 Å². The second kappa shape index (κ2) is 10.5. The van der Waals surface area contributed by atoms with Crippen molar-refractivity contribution in [1.29, 1.82) is 0 Å². The summed E-state index contributed by atoms with van der Waals surface area (Å²) in [6, 6.07) is 1.59. The van der Waals surface area contributed by atoms with Gasteiger partial charge in [0.1, 0.15) is 12.1 Å². The summed E-state index contributed by atoms with van der Waals surface area (Å²) in [5.74, 6) is -3.54. The van der Waals surface area contributed by atoms with Crippen molar-refractivity contribution in [2.45, 2.75) is 42.1 Å². The molecule has 2 fully saturated rings. The molecule has 2 aliphatic heterocycles. The van der Waals surface area contributed by atoms with E-state index in [-0.39, 0.29) is 18.7 Å². The maximum absolute atomic E-state index is 13.3. The number of rotatable bonds is 8. The lowest BCUT2D eigenvalue weighted by Gasteiger charge is -2.26. The van der Waals surface area contributed by atoms with Crippen LogP contribution in [0.25, 0.3) is 0 Å². The largest absolute Gasteiger partial charge is 0.480 e. The van der Waals surface area contributed by atoms with Crippen LogP contribution in [0.4, 0.5) is 9.59 Å². The van der Waals surface area contributed by atoms with Crippen molar-refractivity contribution < 1.29 is 42.6 Å². The normalized spacial score (nSPS) is 22.8. The van der Waals surface area contributed by atoms with Crippen molar-refractivity contribution in [3.63, 3.8) is 0 Å². The first-order valence-corrected chi connectivity index (χ1v) is 13.7. The number of nitrogens with one attached hydrogen (secondary N) is 3. The third-order valence-corrected chi connectivity index (χ3v) is 8.49. The number of sulfonamides is 1. The number of thioether (sulfide) groups is 1. The van der Waals surface area contributed by atoms with E-state index in [9.17, 15) is 42.6 Å². The number of hydrogen-bond donors (Lipinski definition) is 5. The van der Waals surface area contributed by atoms with Crippen LogP contribution in [0.3, 0.4) is 0 Å². The molecule has 0 spiro atoms. The minimum absolute atomic E-state index is 0.243. The molecule has 0 unspecified atom stereocenters. The van der Waals surface area contributed by atoms with E-state index in [0.717, 1.165) is 18.0 Å². The van der Waals surface area contributed by atoms with Crippen LogP contribution in [0.1, 0.15) is 25.5 Å². The lowest BCUT2D eigenvalue weighted by Crippen LogP contribution is -2.56. The van der Waals surface area contributed by atoms with Gasteiger partial charge in [-0.05, 0) is 19.4 Å². The van der Waals surface area contributed by atoms with E-state index < -0.39 is 68.2 Å². The van der Waals surface area contributed by atoms with Gasteiger partial charge in [0, 0.05) is 4.75 Å². The van der Waals surface area contributed by atoms with Crippen LogP contribution >= 0.6 is 11.8 Å². The number of carboxylic acids is 2. The molecule has 0 bridgehead atoms. The summed E-state index contributed by atoms with van der Waals surface area (Å²) in [4.78, 5) is 62.9. The molecular formula is C21H27N5O9S2. The molecule has 202 valence electrons. The van der Waals surface area contributed by atoms with Gasteiger partial charge in [-0.3, -0.25) is 14.9 Å². The average Bonchev–Trinajstić information content (AvgIpc) is 3.34. The van der Waals surface area contributed by atoms with Crippen molar-refractivity contribution >= 4 is 51.7 Å². The minimum Gasteiger partial charge on any atom is -0.480 e. The van der Waals surface area contributed by atoms with Crippen LogP contribution < -0.4 is 16.0 Å². The highest BCUT2D eigenvalue weighted by molar-refractivity contribution is 8.01. The standard InChI is InChI=1S/C21H27N5O9S2/c1-21(2)14(18(30)31)24-16(36-21)13(17(28)29)22-15(27)12(11-7-5-4-6-8-11)23-19(32)25-9-10-26(20(25)33)37(3,34)35/h4-8,12-14,16,24H,9-10H2,1-3H3,(H,22,27)(H,23,32)(H,28,29)(H,30,31)/t12-,13-,14+,16-/m1/s1. The van der Waals surface area contributed by atoms with E-state index in [0.29, 0.717) is 9.21 Å². The van der Waals surface area contributed by atoms with Gasteiger partial charge in [-0.15, -0.1) is 11.8 Å². The Hall–Kier alpha value is -3.37. The highest BCUT2D eigenvalue weighted by Crippen LogP contribution is 2.39. The number of amides is 5. The van der Waals surface area contributed by atoms with Crippen LogP contribution in [-0.4, -0.2) is 99.3 Å². The molecule has 4 atom stereocenters. The van der Waals surface area contributed by atoms with Crippen LogP contribution in [0.5, 0.6) is 0 Å². The molecule has 0 saturated carbocycles. The number of urea groups is 2. The Kier molecular flexibility index (Phi) is 8.04. The zero-order chi connectivity index (χ0) is 27.7. The number of aliphatic carboxylic acids is 2. The van der Waals surface area contributed by atoms with Crippen LogP contribution in [0.2, 0.25) is 0 Å². The number of carboxylic acid groups (broad SMARTS) is 2. The number of benzene rings is 1. The summed E-state index contributed by atoms with van der Waals surface area (Å²) in [7, 11) is -3.90. The Balaban J connectivity index is 1.83. The van der Waals surface area contributed by atoms with Crippen molar-refractivity contribution in [3.8, 4) is 0 Å². The van der Waals surface area contributed by atoms with E-state index in [1.807, 2.05) is 0 Å². The monoisotopic (exact) mass is 557 g/mol. The van der Waals surface area contributed by atoms with E-state index in [1.54, 1.807) is 32.0 Å². The van der Waals surface area contributed by atoms with Gasteiger partial charge >= 0.3 is 24.0 Å². The molecule has 14 nitrogen and oxygen atoms in total. The first-order valence-electron chi connectivity index (χ1n) is 11.0. The highest BCUT2D eigenvalue weighted by atomic mass is 32.2. The topological polar surface area (TPSA) is 203 Å². The maximum atomic E-state index is 13.3. The van der Waals surface area contributed by atoms with E-state index in [1.165, 1.54) is 12.1 Å². The highest BCUT2D eigenvalue weighted by Gasteiger charge is 2.50. The quantitative estimate of drug-likeness (QED) is 0.278. The Morgan fingerprint density at radius 1 is 1.11 bits per heavy atom. The predicted octanol–water partition coefficient (Wildman–Crippen LogP) is -0.402. The van der Waals surface area contributed by atoms with Crippen molar-refractivity contribution in [2.75, 3.05) is 19.3 Å². The summed E-state index contributed by atoms with van der Waals surface area (Å²) >= 11 is 1.04. The molecule has 0 aliphatic carbocycles. The third kappa shape index (κ3) is 6.14. The summed E-state index contributed by atoms with van der Waals surface area (Å²) in [6.07, 6.45) is 0.823. The number of hydrogen-bond acceptors (Lipinski definition) is 9. The molecule has 5 N–H and O–H groups in total. The molecule has 16 heteroatoms. The molecule has 2 saturated heterocycles. The Bertz CT molecular complexity index is 1210. The summed E-state index contributed by atoms with van der Waals surface area (Å²) < 4.78 is 23.2. The number of imide groups is 1. The second-order valence-corrected chi connectivity index (χ2v) is 12.7. The Morgan fingerprint density at radius 2 is 1.73 bits per heavy atom. The van der Waals surface area contributed by atoms with Gasteiger partial charge in [-0.2, -0.15) is 0 Å². The van der Waals surface area contributed by atoms with Crippen LogP contribution in [0.15, 0.2) is 30.3 Å². The lowest BCUT2D eigenvalue weighted by molar-refractivity contribution is -0.143. The van der Waals surface area contributed by atoms with Crippen molar-refractivity contribution in [3.05, 3.63) is 35.9 Å². The zero-order valence-electron chi connectivity index (χ0n) is 20.1. The molecule has 5 amide bonds. The lowest BCUT2D eigenvalue weighted by atomic mass is 10.0. The smallest absolute Gasteiger partial charge is 0.341 e. The van der Waals surface area contributed by atoms with Gasteiger partial charge in [-0.1, -0.05) is 30.3 Å². The van der Waals surface area contributed by atoms with Gasteiger partial charge < -0.3 is 20.8 Å². The Morgan fingerprint density at radius 3 is 2.22 bits per heavy atom. The van der Waals surface area contributed by atoms with Crippen molar-refractivity contribution in [1.82, 2.24) is 25.2 Å². The van der Waals surface area contributed by atoms with Crippen LogP contribution in [-0.2, 0) is 24.4 Å². The first kappa shape index (κ1) is 28.2. The number of carbonyl (C=O) groups is 5. The van der Waals surface area contributed by atoms with Gasteiger partial charge in [0.25, 0.3) is 0 Å². The van der Waals surface area contributed by atoms with Gasteiger partial charge in [0.2, 0.25) is 15.9 Å². The fourth-order valence-corrected chi connectivity index (χ4v) is 6.27. The molecular weight excluding hydrogens is 530 g/mol. The SMILES string of the molecule is CC1(C)S[C@H]([C@@H](NC(=O)[C@H](NC(=O)N2CCN(S(C)(=O)=O)C2=O)c2ccccc2)C(=O)O)N[C@H]1C(=O)O. The molecule has 1 aromatic carbocycles. The zero-order valence-corrected chi connectivity index (χ0v) is 21.7. The fraction of sp³-hybridized carbons (Fsp3) is 0.476. The van der Waals surface area contributed by atoms with Gasteiger partial charge in [-0.25, -0.2) is 32.0 Å². The molecule has 0 aromatic heterocycles. The molecule has 0 radical (unpaired) electrons. The molecule has 37 heavy (non-hydrogen) atoms. The van der Waals surface area contributed by atoms with Crippen LogP contribution in [0, 0.1) is 0 Å². The number of carbonyl (C=O) groups excluding carboxylic acids is 3. The molecule has 2 heterocycles. The maximum Gasteiger partial charge on any atom is 0.341 e.